The molecule has 1 unspecified atom stereocenters. The van der Waals surface area contributed by atoms with Gasteiger partial charge in [0.15, 0.2) is 0 Å². The van der Waals surface area contributed by atoms with E-state index in [1.807, 2.05) is 16.8 Å². The van der Waals surface area contributed by atoms with Gasteiger partial charge in [0.05, 0.1) is 6.10 Å². The maximum absolute atomic E-state index is 10.0. The van der Waals surface area contributed by atoms with Crippen LogP contribution in [0.3, 0.4) is 0 Å². The molecule has 2 nitrogen and oxygen atoms in total. The number of halogens is 1. The van der Waals surface area contributed by atoms with Crippen LogP contribution in [-0.4, -0.2) is 17.7 Å². The van der Waals surface area contributed by atoms with Crippen LogP contribution in [0, 0.1) is 0 Å². The summed E-state index contributed by atoms with van der Waals surface area (Å²) in [4.78, 5) is 0. The molecular formula is C16H18BrNOS. The molecule has 0 aliphatic heterocycles. The molecule has 2 aromatic rings. The van der Waals surface area contributed by atoms with Crippen molar-refractivity contribution in [1.29, 1.82) is 0 Å². The average Bonchev–Trinajstić information content (AvgIpc) is 2.90. The largest absolute Gasteiger partial charge is 0.387 e. The van der Waals surface area contributed by atoms with Crippen LogP contribution in [0.5, 0.6) is 0 Å². The van der Waals surface area contributed by atoms with E-state index in [4.69, 9.17) is 0 Å². The number of hydrogen-bond donors (Lipinski definition) is 2. The predicted octanol–water partition coefficient (Wildman–Crippen LogP) is 4.08. The number of nitrogens with one attached hydrogen (secondary N) is 1. The van der Waals surface area contributed by atoms with Gasteiger partial charge >= 0.3 is 0 Å². The molecule has 1 saturated carbocycles. The van der Waals surface area contributed by atoms with Crippen LogP contribution in [0.2, 0.25) is 0 Å². The number of rotatable bonds is 5. The zero-order valence-corrected chi connectivity index (χ0v) is 13.5. The van der Waals surface area contributed by atoms with Gasteiger partial charge in [0.1, 0.15) is 0 Å². The Kier molecular flexibility index (Phi) is 4.56. The van der Waals surface area contributed by atoms with Crippen molar-refractivity contribution in [2.75, 3.05) is 6.54 Å². The summed E-state index contributed by atoms with van der Waals surface area (Å²) >= 11 is 5.15. The highest BCUT2D eigenvalue weighted by Crippen LogP contribution is 2.37. The van der Waals surface area contributed by atoms with Gasteiger partial charge in [0, 0.05) is 17.1 Å². The molecule has 20 heavy (non-hydrogen) atoms. The molecule has 0 bridgehead atoms. The van der Waals surface area contributed by atoms with E-state index in [9.17, 15) is 5.11 Å². The summed E-state index contributed by atoms with van der Waals surface area (Å²) in [6.45, 7) is 0.645. The molecule has 0 saturated heterocycles. The molecule has 2 N–H and O–H groups in total. The van der Waals surface area contributed by atoms with Crippen molar-refractivity contribution in [1.82, 2.24) is 5.32 Å². The van der Waals surface area contributed by atoms with Crippen molar-refractivity contribution in [3.63, 3.8) is 0 Å². The maximum atomic E-state index is 10.0. The van der Waals surface area contributed by atoms with Crippen LogP contribution < -0.4 is 5.32 Å². The van der Waals surface area contributed by atoms with Gasteiger partial charge in [0.25, 0.3) is 0 Å². The van der Waals surface area contributed by atoms with E-state index >= 15 is 0 Å². The molecule has 0 amide bonds. The van der Waals surface area contributed by atoms with E-state index in [2.05, 4.69) is 45.5 Å². The van der Waals surface area contributed by atoms with Crippen LogP contribution in [0.25, 0.3) is 0 Å². The van der Waals surface area contributed by atoms with E-state index in [1.165, 1.54) is 5.56 Å². The first kappa shape index (κ1) is 14.3. The highest BCUT2D eigenvalue weighted by Gasteiger charge is 2.30. The molecule has 1 fully saturated rings. The Labute approximate surface area is 132 Å². The first-order chi connectivity index (χ1) is 9.72. The molecule has 4 heteroatoms. The minimum atomic E-state index is -0.383. The molecule has 3 rings (SSSR count). The summed E-state index contributed by atoms with van der Waals surface area (Å²) in [5, 5.41) is 17.5. The average molecular weight is 352 g/mol. The van der Waals surface area contributed by atoms with Gasteiger partial charge in [-0.1, -0.05) is 28.1 Å². The third-order valence-corrected chi connectivity index (χ3v) is 5.18. The Balaban J connectivity index is 1.44. The van der Waals surface area contributed by atoms with Crippen molar-refractivity contribution < 1.29 is 5.11 Å². The second-order valence-electron chi connectivity index (χ2n) is 5.40. The molecule has 106 valence electrons. The summed E-state index contributed by atoms with van der Waals surface area (Å²) in [6.07, 6.45) is 1.94. The lowest BCUT2D eigenvalue weighted by Gasteiger charge is -2.37. The van der Waals surface area contributed by atoms with E-state index in [0.717, 1.165) is 22.9 Å². The zero-order valence-electron chi connectivity index (χ0n) is 11.1. The van der Waals surface area contributed by atoms with Crippen molar-refractivity contribution in [3.8, 4) is 0 Å². The Morgan fingerprint density at radius 2 is 2.20 bits per heavy atom. The number of thiophene rings is 1. The summed E-state index contributed by atoms with van der Waals surface area (Å²) in [5.41, 5.74) is 2.43. The lowest BCUT2D eigenvalue weighted by atomic mass is 9.76. The minimum absolute atomic E-state index is 0.383. The second kappa shape index (κ2) is 6.39. The topological polar surface area (TPSA) is 32.3 Å². The monoisotopic (exact) mass is 351 g/mol. The highest BCUT2D eigenvalue weighted by atomic mass is 79.9. The van der Waals surface area contributed by atoms with Crippen LogP contribution in [0.1, 0.15) is 36.0 Å². The number of benzene rings is 1. The van der Waals surface area contributed by atoms with Crippen molar-refractivity contribution in [2.24, 2.45) is 0 Å². The molecule has 1 heterocycles. The minimum Gasteiger partial charge on any atom is -0.387 e. The van der Waals surface area contributed by atoms with Gasteiger partial charge in [-0.3, -0.25) is 0 Å². The zero-order chi connectivity index (χ0) is 13.9. The molecule has 1 atom stereocenters. The Hall–Kier alpha value is -0.680. The lowest BCUT2D eigenvalue weighted by molar-refractivity contribution is 0.157. The van der Waals surface area contributed by atoms with E-state index in [-0.39, 0.29) is 6.10 Å². The van der Waals surface area contributed by atoms with Gasteiger partial charge in [-0.15, -0.1) is 0 Å². The van der Waals surface area contributed by atoms with Crippen molar-refractivity contribution in [2.45, 2.75) is 30.9 Å². The first-order valence-electron chi connectivity index (χ1n) is 6.91. The molecule has 1 aromatic heterocycles. The molecule has 1 aliphatic carbocycles. The Morgan fingerprint density at radius 1 is 1.35 bits per heavy atom. The lowest BCUT2D eigenvalue weighted by Crippen LogP contribution is -2.41. The van der Waals surface area contributed by atoms with Gasteiger partial charge in [-0.25, -0.2) is 0 Å². The van der Waals surface area contributed by atoms with Crippen molar-refractivity contribution >= 4 is 27.3 Å². The fourth-order valence-corrected chi connectivity index (χ4v) is 3.80. The summed E-state index contributed by atoms with van der Waals surface area (Å²) in [6, 6.07) is 11.1. The fourth-order valence-electron chi connectivity index (χ4n) is 2.68. The van der Waals surface area contributed by atoms with E-state index in [1.54, 1.807) is 11.3 Å². The van der Waals surface area contributed by atoms with Gasteiger partial charge in [-0.2, -0.15) is 11.3 Å². The molecular weight excluding hydrogens is 334 g/mol. The SMILES string of the molecule is OC(CNC1CC(c2cccc(Br)c2)C1)c1ccsc1. The van der Waals surface area contributed by atoms with Crippen LogP contribution in [0.4, 0.5) is 0 Å². The van der Waals surface area contributed by atoms with Gasteiger partial charge in [0.2, 0.25) is 0 Å². The summed E-state index contributed by atoms with van der Waals surface area (Å²) in [5.74, 6) is 0.656. The van der Waals surface area contributed by atoms with E-state index in [0.29, 0.717) is 18.5 Å². The van der Waals surface area contributed by atoms with Crippen LogP contribution in [0.15, 0.2) is 45.6 Å². The van der Waals surface area contributed by atoms with Gasteiger partial charge < -0.3 is 10.4 Å². The quantitative estimate of drug-likeness (QED) is 0.850. The number of aliphatic hydroxyl groups excluding tert-OH is 1. The normalized spacial score (nSPS) is 23.3. The summed E-state index contributed by atoms with van der Waals surface area (Å²) < 4.78 is 1.15. The third kappa shape index (κ3) is 3.31. The Morgan fingerprint density at radius 3 is 2.90 bits per heavy atom. The number of hydrogen-bond acceptors (Lipinski definition) is 3. The van der Waals surface area contributed by atoms with Crippen LogP contribution in [-0.2, 0) is 0 Å². The number of aliphatic hydroxyl groups is 1. The highest BCUT2D eigenvalue weighted by molar-refractivity contribution is 9.10. The predicted molar refractivity (Wildman–Crippen MR) is 87.2 cm³/mol. The van der Waals surface area contributed by atoms with E-state index < -0.39 is 0 Å². The second-order valence-corrected chi connectivity index (χ2v) is 7.10. The third-order valence-electron chi connectivity index (χ3n) is 3.99. The molecule has 1 aliphatic rings. The smallest absolute Gasteiger partial charge is 0.0922 e. The summed E-state index contributed by atoms with van der Waals surface area (Å²) in [7, 11) is 0. The molecule has 0 radical (unpaired) electrons. The molecule has 0 spiro atoms. The van der Waals surface area contributed by atoms with Crippen molar-refractivity contribution in [3.05, 3.63) is 56.7 Å². The Bertz CT molecular complexity index is 551. The molecule has 1 aromatic carbocycles. The fraction of sp³-hybridized carbons (Fsp3) is 0.375. The van der Waals surface area contributed by atoms with Gasteiger partial charge in [-0.05, 0) is 58.8 Å². The first-order valence-corrected chi connectivity index (χ1v) is 8.65. The maximum Gasteiger partial charge on any atom is 0.0922 e. The van der Waals surface area contributed by atoms with Crippen LogP contribution >= 0.6 is 27.3 Å². The standard InChI is InChI=1S/C16H18BrNOS/c17-14-3-1-2-11(6-14)13-7-15(8-13)18-9-16(19)12-4-5-20-10-12/h1-6,10,13,15-16,18-19H,7-9H2.